The normalized spacial score (nSPS) is 30.8. The standard InChI is InChI=1S/C9H13NO4/c1-6-4-8(7(2)13-6)14-9(11)12-5-10-3/h6-8H,4-5H2,1-2H3/t6-,7+,8?/m0/s1. The number of carbonyl (C=O) groups is 1. The maximum atomic E-state index is 11.0. The van der Waals surface area contributed by atoms with Crippen molar-refractivity contribution in [1.82, 2.24) is 0 Å². The van der Waals surface area contributed by atoms with Crippen LogP contribution in [0.15, 0.2) is 0 Å². The summed E-state index contributed by atoms with van der Waals surface area (Å²) >= 11 is 0. The van der Waals surface area contributed by atoms with Crippen LogP contribution in [0.2, 0.25) is 0 Å². The van der Waals surface area contributed by atoms with Gasteiger partial charge in [0.2, 0.25) is 0 Å². The number of hydrogen-bond donors (Lipinski definition) is 0. The van der Waals surface area contributed by atoms with Crippen LogP contribution in [0.1, 0.15) is 20.3 Å². The van der Waals surface area contributed by atoms with Crippen LogP contribution in [0.5, 0.6) is 0 Å². The highest BCUT2D eigenvalue weighted by molar-refractivity contribution is 5.60. The fourth-order valence-corrected chi connectivity index (χ4v) is 1.41. The van der Waals surface area contributed by atoms with Gasteiger partial charge in [0.25, 0.3) is 0 Å². The summed E-state index contributed by atoms with van der Waals surface area (Å²) in [5, 5.41) is 0. The summed E-state index contributed by atoms with van der Waals surface area (Å²) in [7, 11) is 0. The van der Waals surface area contributed by atoms with Crippen molar-refractivity contribution in [1.29, 1.82) is 0 Å². The molecule has 0 bridgehead atoms. The minimum absolute atomic E-state index is 0.101. The molecular formula is C9H13NO4. The summed E-state index contributed by atoms with van der Waals surface area (Å²) in [4.78, 5) is 13.8. The Morgan fingerprint density at radius 1 is 1.64 bits per heavy atom. The van der Waals surface area contributed by atoms with Gasteiger partial charge in [0.05, 0.1) is 12.2 Å². The minimum Gasteiger partial charge on any atom is -0.428 e. The number of ether oxygens (including phenoxy) is 3. The lowest BCUT2D eigenvalue weighted by atomic mass is 10.2. The van der Waals surface area contributed by atoms with E-state index in [0.717, 1.165) is 0 Å². The lowest BCUT2D eigenvalue weighted by Crippen LogP contribution is -2.25. The van der Waals surface area contributed by atoms with E-state index in [4.69, 9.17) is 16.0 Å². The molecular weight excluding hydrogens is 186 g/mol. The summed E-state index contributed by atoms with van der Waals surface area (Å²) in [6, 6.07) is 0. The van der Waals surface area contributed by atoms with Crippen LogP contribution in [0.3, 0.4) is 0 Å². The predicted molar refractivity (Wildman–Crippen MR) is 47.4 cm³/mol. The Kier molecular flexibility index (Phi) is 3.72. The van der Waals surface area contributed by atoms with Gasteiger partial charge in [-0.05, 0) is 13.8 Å². The molecule has 0 amide bonds. The van der Waals surface area contributed by atoms with Crippen LogP contribution < -0.4 is 0 Å². The van der Waals surface area contributed by atoms with E-state index in [1.807, 2.05) is 13.8 Å². The molecule has 0 N–H and O–H groups in total. The Morgan fingerprint density at radius 2 is 2.36 bits per heavy atom. The SMILES string of the molecule is [C-]#[N+]COC(=O)OC1C[C@H](C)O[C@@H]1C. The number of nitrogens with zero attached hydrogens (tertiary/aromatic N) is 1. The largest absolute Gasteiger partial charge is 0.514 e. The summed E-state index contributed by atoms with van der Waals surface area (Å²) in [5.74, 6) is 0. The molecule has 0 radical (unpaired) electrons. The summed E-state index contributed by atoms with van der Waals surface area (Å²) in [6.07, 6.45) is -0.387. The molecule has 1 unspecified atom stereocenters. The highest BCUT2D eigenvalue weighted by Gasteiger charge is 2.33. The Labute approximate surface area is 82.8 Å². The van der Waals surface area contributed by atoms with Crippen molar-refractivity contribution in [3.63, 3.8) is 0 Å². The Morgan fingerprint density at radius 3 is 2.86 bits per heavy atom. The molecule has 5 heteroatoms. The maximum Gasteiger partial charge on any atom is 0.514 e. The van der Waals surface area contributed by atoms with Crippen molar-refractivity contribution in [2.24, 2.45) is 0 Å². The van der Waals surface area contributed by atoms with Crippen LogP contribution in [-0.4, -0.2) is 31.2 Å². The third-order valence-corrected chi connectivity index (χ3v) is 2.03. The van der Waals surface area contributed by atoms with Gasteiger partial charge in [-0.15, -0.1) is 0 Å². The maximum absolute atomic E-state index is 11.0. The average Bonchev–Trinajstić information content (AvgIpc) is 2.42. The monoisotopic (exact) mass is 199 g/mol. The zero-order chi connectivity index (χ0) is 10.6. The first-order valence-electron chi connectivity index (χ1n) is 4.45. The highest BCUT2D eigenvalue weighted by atomic mass is 16.7. The Balaban J connectivity index is 2.30. The van der Waals surface area contributed by atoms with Gasteiger partial charge in [-0.3, -0.25) is 4.85 Å². The highest BCUT2D eigenvalue weighted by Crippen LogP contribution is 2.22. The van der Waals surface area contributed by atoms with Gasteiger partial charge in [-0.2, -0.15) is 0 Å². The molecule has 1 fully saturated rings. The zero-order valence-corrected chi connectivity index (χ0v) is 8.23. The molecule has 1 heterocycles. The molecule has 1 rings (SSSR count). The van der Waals surface area contributed by atoms with Gasteiger partial charge in [0.1, 0.15) is 6.10 Å². The fraction of sp³-hybridized carbons (Fsp3) is 0.778. The van der Waals surface area contributed by atoms with Gasteiger partial charge < -0.3 is 14.2 Å². The third-order valence-electron chi connectivity index (χ3n) is 2.03. The van der Waals surface area contributed by atoms with Gasteiger partial charge in [0, 0.05) is 6.42 Å². The van der Waals surface area contributed by atoms with Crippen molar-refractivity contribution in [2.45, 2.75) is 38.6 Å². The molecule has 5 nitrogen and oxygen atoms in total. The summed E-state index contributed by atoms with van der Waals surface area (Å²) in [6.45, 7) is 9.89. The molecule has 0 aromatic heterocycles. The van der Waals surface area contributed by atoms with E-state index in [0.29, 0.717) is 6.42 Å². The van der Waals surface area contributed by atoms with Crippen molar-refractivity contribution >= 4 is 6.16 Å². The summed E-state index contributed by atoms with van der Waals surface area (Å²) < 4.78 is 14.8. The smallest absolute Gasteiger partial charge is 0.428 e. The van der Waals surface area contributed by atoms with E-state index in [1.54, 1.807) is 0 Å². The van der Waals surface area contributed by atoms with E-state index >= 15 is 0 Å². The quantitative estimate of drug-likeness (QED) is 0.500. The number of rotatable bonds is 2. The van der Waals surface area contributed by atoms with E-state index in [2.05, 4.69) is 9.58 Å². The van der Waals surface area contributed by atoms with Crippen LogP contribution >= 0.6 is 0 Å². The molecule has 1 saturated heterocycles. The molecule has 0 aromatic rings. The zero-order valence-electron chi connectivity index (χ0n) is 8.23. The minimum atomic E-state index is -0.796. The van der Waals surface area contributed by atoms with Gasteiger partial charge >= 0.3 is 12.9 Å². The molecule has 78 valence electrons. The third kappa shape index (κ3) is 2.89. The van der Waals surface area contributed by atoms with Gasteiger partial charge in [-0.25, -0.2) is 11.4 Å². The van der Waals surface area contributed by atoms with E-state index in [9.17, 15) is 4.79 Å². The summed E-state index contributed by atoms with van der Waals surface area (Å²) in [5.41, 5.74) is 0. The molecule has 0 aromatic carbocycles. The number of carbonyl (C=O) groups excluding carboxylic acids is 1. The van der Waals surface area contributed by atoms with Crippen LogP contribution in [-0.2, 0) is 14.2 Å². The predicted octanol–water partition coefficient (Wildman–Crippen LogP) is 1.58. The molecule has 1 aliphatic heterocycles. The van der Waals surface area contributed by atoms with Gasteiger partial charge in [-0.1, -0.05) is 0 Å². The average molecular weight is 199 g/mol. The first kappa shape index (κ1) is 10.8. The lowest BCUT2D eigenvalue weighted by molar-refractivity contribution is -0.00870. The van der Waals surface area contributed by atoms with E-state index < -0.39 is 6.16 Å². The molecule has 1 aliphatic rings. The van der Waals surface area contributed by atoms with Crippen molar-refractivity contribution in [2.75, 3.05) is 6.73 Å². The second-order valence-electron chi connectivity index (χ2n) is 3.23. The Bertz CT molecular complexity index is 248. The lowest BCUT2D eigenvalue weighted by Gasteiger charge is -2.13. The first-order valence-corrected chi connectivity index (χ1v) is 4.45. The van der Waals surface area contributed by atoms with Crippen LogP contribution in [0, 0.1) is 6.57 Å². The van der Waals surface area contributed by atoms with Gasteiger partial charge in [0.15, 0.2) is 0 Å². The topological polar surface area (TPSA) is 49.1 Å². The molecule has 14 heavy (non-hydrogen) atoms. The molecule has 3 atom stereocenters. The van der Waals surface area contributed by atoms with E-state index in [1.165, 1.54) is 0 Å². The van der Waals surface area contributed by atoms with E-state index in [-0.39, 0.29) is 25.0 Å². The van der Waals surface area contributed by atoms with Crippen LogP contribution in [0.4, 0.5) is 4.79 Å². The number of hydrogen-bond acceptors (Lipinski definition) is 4. The second-order valence-corrected chi connectivity index (χ2v) is 3.23. The molecule has 0 spiro atoms. The Hall–Kier alpha value is -1.28. The first-order chi connectivity index (χ1) is 6.63. The van der Waals surface area contributed by atoms with Crippen molar-refractivity contribution in [3.8, 4) is 0 Å². The molecule has 0 aliphatic carbocycles. The fourth-order valence-electron chi connectivity index (χ4n) is 1.41. The second kappa shape index (κ2) is 4.82. The molecule has 0 saturated carbocycles. The van der Waals surface area contributed by atoms with Crippen LogP contribution in [0.25, 0.3) is 4.85 Å². The van der Waals surface area contributed by atoms with Crippen molar-refractivity contribution < 1.29 is 19.0 Å². The van der Waals surface area contributed by atoms with Crippen molar-refractivity contribution in [3.05, 3.63) is 11.4 Å².